The fourth-order valence-corrected chi connectivity index (χ4v) is 2.77. The van der Waals surface area contributed by atoms with Crippen LogP contribution in [-0.4, -0.2) is 29.2 Å². The molecular weight excluding hydrogens is 244 g/mol. The molecule has 0 radical (unpaired) electrons. The van der Waals surface area contributed by atoms with Crippen molar-refractivity contribution in [2.75, 3.05) is 0 Å². The molecule has 3 N–H and O–H groups in total. The van der Waals surface area contributed by atoms with Gasteiger partial charge < -0.3 is 15.7 Å². The molecule has 1 rings (SSSR count). The summed E-state index contributed by atoms with van der Waals surface area (Å²) in [5.74, 6) is -0.823. The number of carbonyl (C=O) groups is 2. The smallest absolute Gasteiger partial charge is 0.315 e. The minimum Gasteiger partial charge on any atom is -0.481 e. The second-order valence-corrected chi connectivity index (χ2v) is 5.68. The largest absolute Gasteiger partial charge is 0.481 e. The fraction of sp³-hybridized carbons (Fsp3) is 0.857. The lowest BCUT2D eigenvalue weighted by Crippen LogP contribution is -2.52. The van der Waals surface area contributed by atoms with Crippen molar-refractivity contribution in [3.63, 3.8) is 0 Å². The third-order valence-electron chi connectivity index (χ3n) is 4.22. The summed E-state index contributed by atoms with van der Waals surface area (Å²) in [6, 6.07) is -0.341. The summed E-state index contributed by atoms with van der Waals surface area (Å²) in [7, 11) is 0. The number of carbonyl (C=O) groups excluding carboxylic acids is 1. The zero-order valence-corrected chi connectivity index (χ0v) is 12.2. The molecule has 3 unspecified atom stereocenters. The van der Waals surface area contributed by atoms with Gasteiger partial charge in [-0.2, -0.15) is 0 Å². The van der Waals surface area contributed by atoms with Gasteiger partial charge in [0.1, 0.15) is 0 Å². The van der Waals surface area contributed by atoms with E-state index < -0.39 is 11.4 Å². The van der Waals surface area contributed by atoms with Crippen LogP contribution in [-0.2, 0) is 4.79 Å². The third-order valence-corrected chi connectivity index (χ3v) is 4.22. The van der Waals surface area contributed by atoms with Crippen molar-refractivity contribution in [2.24, 2.45) is 5.41 Å². The van der Waals surface area contributed by atoms with Gasteiger partial charge in [0.25, 0.3) is 0 Å². The van der Waals surface area contributed by atoms with Gasteiger partial charge in [0, 0.05) is 12.1 Å². The molecule has 1 aliphatic rings. The average molecular weight is 270 g/mol. The number of rotatable bonds is 6. The molecule has 0 spiro atoms. The lowest BCUT2D eigenvalue weighted by Gasteiger charge is -2.28. The monoisotopic (exact) mass is 270 g/mol. The Hall–Kier alpha value is -1.26. The highest BCUT2D eigenvalue weighted by molar-refractivity contribution is 5.79. The summed E-state index contributed by atoms with van der Waals surface area (Å²) < 4.78 is 0. The maximum Gasteiger partial charge on any atom is 0.315 e. The maximum absolute atomic E-state index is 11.9. The summed E-state index contributed by atoms with van der Waals surface area (Å²) in [5.41, 5.74) is -0.830. The van der Waals surface area contributed by atoms with Crippen molar-refractivity contribution < 1.29 is 14.7 Å². The maximum atomic E-state index is 11.9. The van der Waals surface area contributed by atoms with Crippen molar-refractivity contribution in [1.29, 1.82) is 0 Å². The summed E-state index contributed by atoms with van der Waals surface area (Å²) in [6.45, 7) is 5.84. The molecule has 0 saturated heterocycles. The SMILES string of the molecule is CCCC(CC)NC(=O)NC1CCCC1(C)C(=O)O. The number of nitrogens with one attached hydrogen (secondary N) is 2. The van der Waals surface area contributed by atoms with Crippen LogP contribution in [0.25, 0.3) is 0 Å². The van der Waals surface area contributed by atoms with Gasteiger partial charge in [-0.25, -0.2) is 4.79 Å². The van der Waals surface area contributed by atoms with Gasteiger partial charge in [0.15, 0.2) is 0 Å². The second-order valence-electron chi connectivity index (χ2n) is 5.68. The Balaban J connectivity index is 2.54. The lowest BCUT2D eigenvalue weighted by molar-refractivity contribution is -0.148. The molecule has 5 heteroatoms. The van der Waals surface area contributed by atoms with Crippen molar-refractivity contribution >= 4 is 12.0 Å². The number of amides is 2. The van der Waals surface area contributed by atoms with Gasteiger partial charge in [-0.3, -0.25) is 4.79 Å². The van der Waals surface area contributed by atoms with Crippen LogP contribution in [0.1, 0.15) is 59.3 Å². The molecule has 0 aromatic carbocycles. The van der Waals surface area contributed by atoms with Crippen molar-refractivity contribution in [3.8, 4) is 0 Å². The Bertz CT molecular complexity index is 333. The summed E-state index contributed by atoms with van der Waals surface area (Å²) in [6.07, 6.45) is 5.07. The standard InChI is InChI=1S/C14H26N2O3/c1-4-7-10(5-2)15-13(19)16-11-8-6-9-14(11,3)12(17)18/h10-11H,4-9H2,1-3H3,(H,17,18)(H2,15,16,19). The molecule has 1 aliphatic carbocycles. The van der Waals surface area contributed by atoms with Crippen LogP contribution in [0.4, 0.5) is 4.79 Å². The average Bonchev–Trinajstić information content (AvgIpc) is 2.71. The molecule has 0 heterocycles. The van der Waals surface area contributed by atoms with E-state index in [1.807, 2.05) is 6.92 Å². The number of aliphatic carboxylic acids is 1. The van der Waals surface area contributed by atoms with Crippen LogP contribution >= 0.6 is 0 Å². The van der Waals surface area contributed by atoms with E-state index >= 15 is 0 Å². The van der Waals surface area contributed by atoms with Gasteiger partial charge in [-0.1, -0.05) is 26.7 Å². The highest BCUT2D eigenvalue weighted by Gasteiger charge is 2.45. The molecule has 1 saturated carbocycles. The van der Waals surface area contributed by atoms with Crippen molar-refractivity contribution in [3.05, 3.63) is 0 Å². The normalized spacial score (nSPS) is 27.8. The van der Waals surface area contributed by atoms with Gasteiger partial charge in [-0.15, -0.1) is 0 Å². The molecular formula is C14H26N2O3. The van der Waals surface area contributed by atoms with E-state index in [4.69, 9.17) is 0 Å². The minimum atomic E-state index is -0.830. The molecule has 110 valence electrons. The Kier molecular flexibility index (Phi) is 5.63. The number of urea groups is 1. The first-order valence-corrected chi connectivity index (χ1v) is 7.24. The predicted molar refractivity (Wildman–Crippen MR) is 74.0 cm³/mol. The van der Waals surface area contributed by atoms with E-state index in [1.54, 1.807) is 6.92 Å². The van der Waals surface area contributed by atoms with Crippen molar-refractivity contribution in [2.45, 2.75) is 71.4 Å². The molecule has 0 aromatic heterocycles. The van der Waals surface area contributed by atoms with E-state index in [1.165, 1.54) is 0 Å². The molecule has 0 aromatic rings. The highest BCUT2D eigenvalue weighted by atomic mass is 16.4. The summed E-state index contributed by atoms with van der Waals surface area (Å²) >= 11 is 0. The predicted octanol–water partition coefficient (Wildman–Crippen LogP) is 2.51. The van der Waals surface area contributed by atoms with Crippen LogP contribution in [0.15, 0.2) is 0 Å². The Labute approximate surface area is 115 Å². The molecule has 2 amide bonds. The summed E-state index contributed by atoms with van der Waals surface area (Å²) in [4.78, 5) is 23.3. The third kappa shape index (κ3) is 3.85. The van der Waals surface area contributed by atoms with Crippen LogP contribution in [0.2, 0.25) is 0 Å². The molecule has 1 fully saturated rings. The molecule has 3 atom stereocenters. The quantitative estimate of drug-likeness (QED) is 0.694. The van der Waals surface area contributed by atoms with Gasteiger partial charge in [0.2, 0.25) is 0 Å². The Morgan fingerprint density at radius 3 is 2.63 bits per heavy atom. The van der Waals surface area contributed by atoms with E-state index in [9.17, 15) is 14.7 Å². The van der Waals surface area contributed by atoms with E-state index in [-0.39, 0.29) is 18.1 Å². The Morgan fingerprint density at radius 2 is 2.11 bits per heavy atom. The Morgan fingerprint density at radius 1 is 1.42 bits per heavy atom. The first-order chi connectivity index (χ1) is 8.93. The number of carboxylic acids is 1. The number of hydrogen-bond donors (Lipinski definition) is 3. The van der Waals surface area contributed by atoms with E-state index in [2.05, 4.69) is 17.6 Å². The van der Waals surface area contributed by atoms with Crippen LogP contribution < -0.4 is 10.6 Å². The second kappa shape index (κ2) is 6.78. The zero-order chi connectivity index (χ0) is 14.5. The van der Waals surface area contributed by atoms with E-state index in [0.717, 1.165) is 32.1 Å². The van der Waals surface area contributed by atoms with Gasteiger partial charge >= 0.3 is 12.0 Å². The number of hydrogen-bond acceptors (Lipinski definition) is 2. The molecule has 19 heavy (non-hydrogen) atoms. The first kappa shape index (κ1) is 15.8. The van der Waals surface area contributed by atoms with Crippen LogP contribution in [0.3, 0.4) is 0 Å². The summed E-state index contributed by atoms with van der Waals surface area (Å²) in [5, 5.41) is 15.1. The van der Waals surface area contributed by atoms with Crippen LogP contribution in [0, 0.1) is 5.41 Å². The highest BCUT2D eigenvalue weighted by Crippen LogP contribution is 2.38. The first-order valence-electron chi connectivity index (χ1n) is 7.24. The molecule has 0 bridgehead atoms. The van der Waals surface area contributed by atoms with Gasteiger partial charge in [0.05, 0.1) is 5.41 Å². The molecule has 0 aliphatic heterocycles. The van der Waals surface area contributed by atoms with Crippen molar-refractivity contribution in [1.82, 2.24) is 10.6 Å². The molecule has 5 nitrogen and oxygen atoms in total. The van der Waals surface area contributed by atoms with Crippen LogP contribution in [0.5, 0.6) is 0 Å². The van der Waals surface area contributed by atoms with Gasteiger partial charge in [-0.05, 0) is 32.6 Å². The zero-order valence-electron chi connectivity index (χ0n) is 12.2. The number of carboxylic acid groups (broad SMARTS) is 1. The fourth-order valence-electron chi connectivity index (χ4n) is 2.77. The topological polar surface area (TPSA) is 78.4 Å². The minimum absolute atomic E-state index is 0.169. The lowest BCUT2D eigenvalue weighted by atomic mass is 9.85. The van der Waals surface area contributed by atoms with E-state index in [0.29, 0.717) is 6.42 Å².